The third-order valence-corrected chi connectivity index (χ3v) is 6.11. The Morgan fingerprint density at radius 2 is 1.21 bits per heavy atom. The van der Waals surface area contributed by atoms with Gasteiger partial charge in [0.2, 0.25) is 5.91 Å². The van der Waals surface area contributed by atoms with Gasteiger partial charge in [-0.1, -0.05) is 49.4 Å². The molecule has 0 atom stereocenters. The van der Waals surface area contributed by atoms with Gasteiger partial charge in [0.05, 0.1) is 12.8 Å². The van der Waals surface area contributed by atoms with Crippen molar-refractivity contribution >= 4 is 34.8 Å². The molecule has 0 aromatic heterocycles. The molecule has 2 aromatic carbocycles. The van der Waals surface area contributed by atoms with Crippen molar-refractivity contribution in [2.75, 3.05) is 43.0 Å². The standard InChI is InChI=1S/C30H39N3O5/c1-4-6-7-27(23-8-12-25(13-9-23)32(19-5-2)21-17-29(35)36)24-10-14-26(15-11-24)33(22-18-30(37)38)20-16-28(34)31-3/h4,6-15H,5,16-22H2,1-3H3,(H,31,34)(H,35,36)(H,37,38)/b6-4+,27-7+. The fourth-order valence-electron chi connectivity index (χ4n) is 4.09. The highest BCUT2D eigenvalue weighted by Gasteiger charge is 2.13. The molecule has 8 heteroatoms. The molecule has 1 amide bonds. The van der Waals surface area contributed by atoms with E-state index in [1.165, 1.54) is 0 Å². The van der Waals surface area contributed by atoms with Crippen LogP contribution in [0.2, 0.25) is 0 Å². The quantitative estimate of drug-likeness (QED) is 0.272. The molecule has 0 fully saturated rings. The van der Waals surface area contributed by atoms with Gasteiger partial charge in [-0.05, 0) is 54.3 Å². The molecule has 0 aliphatic heterocycles. The monoisotopic (exact) mass is 521 g/mol. The first-order chi connectivity index (χ1) is 18.3. The van der Waals surface area contributed by atoms with Crippen molar-refractivity contribution in [3.05, 3.63) is 77.9 Å². The van der Waals surface area contributed by atoms with Gasteiger partial charge in [0, 0.05) is 51.0 Å². The zero-order valence-electron chi connectivity index (χ0n) is 22.5. The zero-order valence-corrected chi connectivity index (χ0v) is 22.5. The Balaban J connectivity index is 2.31. The highest BCUT2D eigenvalue weighted by Crippen LogP contribution is 2.28. The number of allylic oxidation sites excluding steroid dienone is 3. The summed E-state index contributed by atoms with van der Waals surface area (Å²) in [5.41, 5.74) is 4.89. The third kappa shape index (κ3) is 9.76. The Morgan fingerprint density at radius 3 is 1.61 bits per heavy atom. The first kappa shape index (κ1) is 30.2. The van der Waals surface area contributed by atoms with Crippen LogP contribution in [-0.2, 0) is 14.4 Å². The molecule has 38 heavy (non-hydrogen) atoms. The Morgan fingerprint density at radius 1 is 0.763 bits per heavy atom. The molecule has 2 aromatic rings. The highest BCUT2D eigenvalue weighted by molar-refractivity contribution is 5.82. The summed E-state index contributed by atoms with van der Waals surface area (Å²) >= 11 is 0. The summed E-state index contributed by atoms with van der Waals surface area (Å²) in [6.45, 7) is 6.01. The molecule has 2 rings (SSSR count). The van der Waals surface area contributed by atoms with Gasteiger partial charge in [-0.25, -0.2) is 0 Å². The summed E-state index contributed by atoms with van der Waals surface area (Å²) in [5, 5.41) is 20.8. The number of aliphatic carboxylic acids is 2. The van der Waals surface area contributed by atoms with Gasteiger partial charge in [-0.3, -0.25) is 14.4 Å². The topological polar surface area (TPSA) is 110 Å². The zero-order chi connectivity index (χ0) is 27.9. The number of nitrogens with zero attached hydrogens (tertiary/aromatic N) is 2. The molecule has 0 aliphatic carbocycles. The van der Waals surface area contributed by atoms with Crippen LogP contribution in [0.15, 0.2) is 66.8 Å². The minimum atomic E-state index is -0.882. The molecule has 0 radical (unpaired) electrons. The maximum atomic E-state index is 11.8. The number of hydrogen-bond donors (Lipinski definition) is 3. The van der Waals surface area contributed by atoms with Crippen molar-refractivity contribution in [2.24, 2.45) is 0 Å². The lowest BCUT2D eigenvalue weighted by atomic mass is 9.96. The normalized spacial score (nSPS) is 11.4. The smallest absolute Gasteiger partial charge is 0.305 e. The second-order valence-corrected chi connectivity index (χ2v) is 8.88. The molecule has 3 N–H and O–H groups in total. The molecular weight excluding hydrogens is 482 g/mol. The molecule has 0 spiro atoms. The number of anilines is 2. The van der Waals surface area contributed by atoms with E-state index in [9.17, 15) is 14.4 Å². The third-order valence-electron chi connectivity index (χ3n) is 6.11. The van der Waals surface area contributed by atoms with Crippen molar-refractivity contribution in [3.8, 4) is 0 Å². The number of amides is 1. The fraction of sp³-hybridized carbons (Fsp3) is 0.367. The second kappa shape index (κ2) is 15.9. The summed E-state index contributed by atoms with van der Waals surface area (Å²) in [4.78, 5) is 38.0. The Hall–Kier alpha value is -4.07. The van der Waals surface area contributed by atoms with Gasteiger partial charge in [0.15, 0.2) is 0 Å². The average Bonchev–Trinajstić information content (AvgIpc) is 2.91. The average molecular weight is 522 g/mol. The predicted octanol–water partition coefficient (Wildman–Crippen LogP) is 4.80. The van der Waals surface area contributed by atoms with E-state index in [4.69, 9.17) is 10.2 Å². The number of rotatable bonds is 16. The van der Waals surface area contributed by atoms with E-state index in [0.717, 1.165) is 41.0 Å². The van der Waals surface area contributed by atoms with Gasteiger partial charge in [-0.2, -0.15) is 0 Å². The molecular formula is C30H39N3O5. The lowest BCUT2D eigenvalue weighted by molar-refractivity contribution is -0.137. The van der Waals surface area contributed by atoms with Crippen LogP contribution in [-0.4, -0.2) is 61.3 Å². The van der Waals surface area contributed by atoms with E-state index >= 15 is 0 Å². The molecule has 0 bridgehead atoms. The number of hydrogen-bond acceptors (Lipinski definition) is 5. The first-order valence-electron chi connectivity index (χ1n) is 13.0. The number of carbonyl (C=O) groups is 3. The van der Waals surface area contributed by atoms with Crippen LogP contribution in [0.25, 0.3) is 5.57 Å². The van der Waals surface area contributed by atoms with Crippen LogP contribution in [0.1, 0.15) is 50.7 Å². The largest absolute Gasteiger partial charge is 0.481 e. The summed E-state index contributed by atoms with van der Waals surface area (Å²) in [7, 11) is 1.58. The van der Waals surface area contributed by atoms with Crippen LogP contribution < -0.4 is 15.1 Å². The number of nitrogens with one attached hydrogen (secondary N) is 1. The molecule has 8 nitrogen and oxygen atoms in total. The SMILES string of the molecule is C/C=C/C=C(\c1ccc(N(CCC)CCC(=O)O)cc1)c1ccc(N(CCC(=O)O)CCC(=O)NC)cc1. The molecule has 0 aliphatic rings. The van der Waals surface area contributed by atoms with Crippen LogP contribution in [0.4, 0.5) is 11.4 Å². The van der Waals surface area contributed by atoms with Crippen molar-refractivity contribution in [1.29, 1.82) is 0 Å². The lowest BCUT2D eigenvalue weighted by Crippen LogP contribution is -2.31. The number of benzene rings is 2. The lowest BCUT2D eigenvalue weighted by Gasteiger charge is -2.25. The molecule has 0 unspecified atom stereocenters. The van der Waals surface area contributed by atoms with Gasteiger partial charge < -0.3 is 25.3 Å². The number of carbonyl (C=O) groups excluding carboxylic acids is 1. The van der Waals surface area contributed by atoms with E-state index in [1.807, 2.05) is 78.6 Å². The van der Waals surface area contributed by atoms with Gasteiger partial charge in [0.1, 0.15) is 0 Å². The Bertz CT molecular complexity index is 1110. The summed E-state index contributed by atoms with van der Waals surface area (Å²) < 4.78 is 0. The fourth-order valence-corrected chi connectivity index (χ4v) is 4.09. The van der Waals surface area contributed by atoms with Crippen LogP contribution >= 0.6 is 0 Å². The highest BCUT2D eigenvalue weighted by atomic mass is 16.4. The maximum Gasteiger partial charge on any atom is 0.305 e. The molecule has 0 saturated heterocycles. The van der Waals surface area contributed by atoms with E-state index in [0.29, 0.717) is 19.6 Å². The van der Waals surface area contributed by atoms with Crippen molar-refractivity contribution < 1.29 is 24.6 Å². The van der Waals surface area contributed by atoms with Gasteiger partial charge in [-0.15, -0.1) is 0 Å². The van der Waals surface area contributed by atoms with Crippen molar-refractivity contribution in [3.63, 3.8) is 0 Å². The molecule has 204 valence electrons. The predicted molar refractivity (Wildman–Crippen MR) is 153 cm³/mol. The van der Waals surface area contributed by atoms with Crippen molar-refractivity contribution in [1.82, 2.24) is 5.32 Å². The minimum absolute atomic E-state index is 0.0181. The van der Waals surface area contributed by atoms with Crippen LogP contribution in [0.5, 0.6) is 0 Å². The summed E-state index contributed by atoms with van der Waals surface area (Å²) in [6.07, 6.45) is 7.26. The minimum Gasteiger partial charge on any atom is -0.481 e. The van der Waals surface area contributed by atoms with Crippen molar-refractivity contribution in [2.45, 2.75) is 39.5 Å². The first-order valence-corrected chi connectivity index (χ1v) is 13.0. The van der Waals surface area contributed by atoms with E-state index in [2.05, 4.69) is 17.1 Å². The Kier molecular flexibility index (Phi) is 12.6. The van der Waals surface area contributed by atoms with Crippen LogP contribution in [0.3, 0.4) is 0 Å². The van der Waals surface area contributed by atoms with E-state index < -0.39 is 11.9 Å². The van der Waals surface area contributed by atoms with Gasteiger partial charge >= 0.3 is 11.9 Å². The Labute approximate surface area is 225 Å². The summed E-state index contributed by atoms with van der Waals surface area (Å²) in [5.74, 6) is -1.78. The molecule has 0 saturated carbocycles. The van der Waals surface area contributed by atoms with Crippen LogP contribution in [0, 0.1) is 0 Å². The molecule has 0 heterocycles. The van der Waals surface area contributed by atoms with E-state index in [1.54, 1.807) is 7.05 Å². The number of carboxylic acids is 2. The maximum absolute atomic E-state index is 11.8. The second-order valence-electron chi connectivity index (χ2n) is 8.88. The number of carboxylic acid groups (broad SMARTS) is 2. The summed E-state index contributed by atoms with van der Waals surface area (Å²) in [6, 6.07) is 16.1. The van der Waals surface area contributed by atoms with Gasteiger partial charge in [0.25, 0.3) is 0 Å². The van der Waals surface area contributed by atoms with E-state index in [-0.39, 0.29) is 25.2 Å².